The second-order valence-electron chi connectivity index (χ2n) is 4.03. The van der Waals surface area contributed by atoms with Crippen molar-refractivity contribution in [2.75, 3.05) is 52.5 Å². The van der Waals surface area contributed by atoms with Crippen LogP contribution in [0.1, 0.15) is 6.42 Å². The third kappa shape index (κ3) is 4.06. The lowest BCUT2D eigenvalue weighted by atomic mass is 10.2. The summed E-state index contributed by atoms with van der Waals surface area (Å²) in [5.41, 5.74) is 5.90. The Kier molecular flexibility index (Phi) is 6.37. The highest BCUT2D eigenvalue weighted by Gasteiger charge is 2.14. The molecule has 0 saturated carbocycles. The van der Waals surface area contributed by atoms with Crippen molar-refractivity contribution in [1.82, 2.24) is 9.80 Å². The van der Waals surface area contributed by atoms with Crippen LogP contribution >= 0.6 is 24.0 Å². The van der Waals surface area contributed by atoms with E-state index in [0.717, 1.165) is 39.4 Å². The summed E-state index contributed by atoms with van der Waals surface area (Å²) in [6, 6.07) is 0. The van der Waals surface area contributed by atoms with Crippen LogP contribution < -0.4 is 5.73 Å². The van der Waals surface area contributed by atoms with Crippen molar-refractivity contribution >= 4 is 29.9 Å². The SMILES string of the molecule is I.NC(=NCCN1CCC1)N1CCOCC1. The number of rotatable bonds is 3. The van der Waals surface area contributed by atoms with E-state index in [4.69, 9.17) is 10.5 Å². The topological polar surface area (TPSA) is 54.1 Å². The molecule has 0 radical (unpaired) electrons. The van der Waals surface area contributed by atoms with Gasteiger partial charge in [0.15, 0.2) is 5.96 Å². The number of likely N-dealkylation sites (tertiary alicyclic amines) is 1. The first-order valence-electron chi connectivity index (χ1n) is 5.71. The molecular formula is C10H21IN4O. The Morgan fingerprint density at radius 3 is 2.44 bits per heavy atom. The summed E-state index contributed by atoms with van der Waals surface area (Å²) in [5, 5.41) is 0. The molecule has 0 aromatic heterocycles. The quantitative estimate of drug-likeness (QED) is 0.445. The maximum atomic E-state index is 5.90. The van der Waals surface area contributed by atoms with Crippen LogP contribution in [0.2, 0.25) is 0 Å². The first-order valence-corrected chi connectivity index (χ1v) is 5.71. The summed E-state index contributed by atoms with van der Waals surface area (Å²) in [6.45, 7) is 7.61. The standard InChI is InChI=1S/C10H20N4O.HI/c11-10(14-6-8-15-9-7-14)12-2-5-13-3-1-4-13;/h1-9H2,(H2,11,12);1H. The Labute approximate surface area is 114 Å². The number of aliphatic imine (C=N–C) groups is 1. The van der Waals surface area contributed by atoms with Crippen LogP contribution in [-0.2, 0) is 4.74 Å². The van der Waals surface area contributed by atoms with Crippen molar-refractivity contribution in [3.8, 4) is 0 Å². The molecule has 2 aliphatic heterocycles. The smallest absolute Gasteiger partial charge is 0.191 e. The van der Waals surface area contributed by atoms with Crippen molar-refractivity contribution < 1.29 is 4.74 Å². The fourth-order valence-corrected chi connectivity index (χ4v) is 1.80. The predicted octanol–water partition coefficient (Wildman–Crippen LogP) is -0.0430. The first kappa shape index (κ1) is 14.0. The van der Waals surface area contributed by atoms with E-state index < -0.39 is 0 Å². The fraction of sp³-hybridized carbons (Fsp3) is 0.900. The van der Waals surface area contributed by atoms with Crippen LogP contribution in [0.3, 0.4) is 0 Å². The lowest BCUT2D eigenvalue weighted by Gasteiger charge is -2.30. The number of ether oxygens (including phenoxy) is 1. The molecule has 0 unspecified atom stereocenters. The summed E-state index contributed by atoms with van der Waals surface area (Å²) in [5.74, 6) is 0.679. The molecule has 5 nitrogen and oxygen atoms in total. The van der Waals surface area contributed by atoms with Gasteiger partial charge in [0.25, 0.3) is 0 Å². The van der Waals surface area contributed by atoms with Gasteiger partial charge in [0, 0.05) is 19.6 Å². The zero-order chi connectivity index (χ0) is 10.5. The van der Waals surface area contributed by atoms with Gasteiger partial charge >= 0.3 is 0 Å². The summed E-state index contributed by atoms with van der Waals surface area (Å²) in [6.07, 6.45) is 1.34. The van der Waals surface area contributed by atoms with Gasteiger partial charge in [0.1, 0.15) is 0 Å². The highest BCUT2D eigenvalue weighted by Crippen LogP contribution is 2.04. The van der Waals surface area contributed by atoms with E-state index in [9.17, 15) is 0 Å². The molecule has 2 fully saturated rings. The zero-order valence-electron chi connectivity index (χ0n) is 9.60. The molecule has 0 aromatic carbocycles. The summed E-state index contributed by atoms with van der Waals surface area (Å²) in [4.78, 5) is 8.89. The molecule has 2 N–H and O–H groups in total. The third-order valence-corrected chi connectivity index (χ3v) is 2.97. The minimum absolute atomic E-state index is 0. The van der Waals surface area contributed by atoms with Crippen LogP contribution in [0, 0.1) is 0 Å². The van der Waals surface area contributed by atoms with Gasteiger partial charge in [-0.25, -0.2) is 0 Å². The van der Waals surface area contributed by atoms with E-state index >= 15 is 0 Å². The summed E-state index contributed by atoms with van der Waals surface area (Å²) < 4.78 is 5.26. The lowest BCUT2D eigenvalue weighted by molar-refractivity contribution is 0.0673. The lowest BCUT2D eigenvalue weighted by Crippen LogP contribution is -2.45. The molecule has 0 amide bonds. The van der Waals surface area contributed by atoms with Crippen LogP contribution in [0.4, 0.5) is 0 Å². The molecule has 0 bridgehead atoms. The van der Waals surface area contributed by atoms with Crippen molar-refractivity contribution in [2.45, 2.75) is 6.42 Å². The Morgan fingerprint density at radius 1 is 1.19 bits per heavy atom. The van der Waals surface area contributed by atoms with E-state index in [2.05, 4.69) is 14.8 Å². The molecule has 2 saturated heterocycles. The van der Waals surface area contributed by atoms with E-state index in [1.165, 1.54) is 19.5 Å². The van der Waals surface area contributed by atoms with Gasteiger partial charge in [-0.15, -0.1) is 24.0 Å². The summed E-state index contributed by atoms with van der Waals surface area (Å²) >= 11 is 0. The highest BCUT2D eigenvalue weighted by molar-refractivity contribution is 14.0. The number of halogens is 1. The third-order valence-electron chi connectivity index (χ3n) is 2.97. The van der Waals surface area contributed by atoms with Crippen molar-refractivity contribution in [3.05, 3.63) is 0 Å². The second-order valence-corrected chi connectivity index (χ2v) is 4.03. The number of guanidine groups is 1. The Balaban J connectivity index is 0.00000128. The van der Waals surface area contributed by atoms with Crippen LogP contribution in [0.5, 0.6) is 0 Å². The van der Waals surface area contributed by atoms with Crippen LogP contribution in [0.25, 0.3) is 0 Å². The van der Waals surface area contributed by atoms with Gasteiger partial charge < -0.3 is 20.3 Å². The number of hydrogen-bond acceptors (Lipinski definition) is 3. The van der Waals surface area contributed by atoms with E-state index in [1.807, 2.05) is 0 Å². The Morgan fingerprint density at radius 2 is 1.88 bits per heavy atom. The normalized spacial score (nSPS) is 22.5. The minimum Gasteiger partial charge on any atom is -0.378 e. The maximum Gasteiger partial charge on any atom is 0.191 e. The van der Waals surface area contributed by atoms with Crippen LogP contribution in [-0.4, -0.2) is 68.2 Å². The summed E-state index contributed by atoms with van der Waals surface area (Å²) in [7, 11) is 0. The van der Waals surface area contributed by atoms with Gasteiger partial charge in [-0.2, -0.15) is 0 Å². The fourth-order valence-electron chi connectivity index (χ4n) is 1.80. The largest absolute Gasteiger partial charge is 0.378 e. The molecule has 0 atom stereocenters. The van der Waals surface area contributed by atoms with E-state index in [-0.39, 0.29) is 24.0 Å². The van der Waals surface area contributed by atoms with Crippen molar-refractivity contribution in [3.63, 3.8) is 0 Å². The zero-order valence-corrected chi connectivity index (χ0v) is 11.9. The average Bonchev–Trinajstić information content (AvgIpc) is 2.23. The molecule has 2 rings (SSSR count). The monoisotopic (exact) mass is 340 g/mol. The first-order chi connectivity index (χ1) is 7.36. The van der Waals surface area contributed by atoms with Gasteiger partial charge in [-0.3, -0.25) is 4.99 Å². The molecule has 2 aliphatic rings. The maximum absolute atomic E-state index is 5.90. The van der Waals surface area contributed by atoms with E-state index in [0.29, 0.717) is 5.96 Å². The Bertz CT molecular complexity index is 227. The molecule has 16 heavy (non-hydrogen) atoms. The molecular weight excluding hydrogens is 319 g/mol. The number of nitrogens with zero attached hydrogens (tertiary/aromatic N) is 3. The molecule has 2 heterocycles. The average molecular weight is 340 g/mol. The van der Waals surface area contributed by atoms with Crippen molar-refractivity contribution in [1.29, 1.82) is 0 Å². The van der Waals surface area contributed by atoms with Gasteiger partial charge in [-0.1, -0.05) is 0 Å². The molecule has 0 spiro atoms. The molecule has 0 aliphatic carbocycles. The van der Waals surface area contributed by atoms with Gasteiger partial charge in [-0.05, 0) is 19.5 Å². The van der Waals surface area contributed by atoms with E-state index in [1.54, 1.807) is 0 Å². The van der Waals surface area contributed by atoms with Crippen molar-refractivity contribution in [2.24, 2.45) is 10.7 Å². The van der Waals surface area contributed by atoms with Gasteiger partial charge in [0.2, 0.25) is 0 Å². The number of hydrogen-bond donors (Lipinski definition) is 1. The Hall–Kier alpha value is -0.0800. The predicted molar refractivity (Wildman–Crippen MR) is 75.4 cm³/mol. The van der Waals surface area contributed by atoms with Crippen LogP contribution in [0.15, 0.2) is 4.99 Å². The minimum atomic E-state index is 0. The molecule has 6 heteroatoms. The molecule has 94 valence electrons. The van der Waals surface area contributed by atoms with Gasteiger partial charge in [0.05, 0.1) is 19.8 Å². The number of nitrogens with two attached hydrogens (primary N) is 1. The number of morpholine rings is 1. The second kappa shape index (κ2) is 7.29. The highest BCUT2D eigenvalue weighted by atomic mass is 127. The molecule has 0 aromatic rings.